The Morgan fingerprint density at radius 3 is 2.79 bits per heavy atom. The van der Waals surface area contributed by atoms with Crippen LogP contribution in [0, 0.1) is 10.1 Å². The van der Waals surface area contributed by atoms with Crippen molar-refractivity contribution in [1.82, 2.24) is 0 Å². The van der Waals surface area contributed by atoms with Gasteiger partial charge in [-0.1, -0.05) is 0 Å². The molecule has 0 unspecified atom stereocenters. The summed E-state index contributed by atoms with van der Waals surface area (Å²) in [7, 11) is 0. The Morgan fingerprint density at radius 2 is 2.07 bits per heavy atom. The summed E-state index contributed by atoms with van der Waals surface area (Å²) in [5, 5.41) is 10.2. The first-order chi connectivity index (χ1) is 6.68. The van der Waals surface area contributed by atoms with Crippen LogP contribution in [0.5, 0.6) is 11.5 Å². The van der Waals surface area contributed by atoms with Crippen LogP contribution in [0.2, 0.25) is 0 Å². The normalized spacial score (nSPS) is 12.6. The van der Waals surface area contributed by atoms with E-state index in [9.17, 15) is 14.9 Å². The van der Waals surface area contributed by atoms with Crippen molar-refractivity contribution in [2.24, 2.45) is 0 Å². The third-order valence-electron chi connectivity index (χ3n) is 1.79. The van der Waals surface area contributed by atoms with E-state index >= 15 is 0 Å². The highest BCUT2D eigenvalue weighted by Crippen LogP contribution is 2.32. The largest absolute Gasteiger partial charge is 0.476 e. The molecule has 1 aliphatic heterocycles. The topological polar surface area (TPSA) is 78.7 Å². The van der Waals surface area contributed by atoms with Crippen LogP contribution < -0.4 is 9.47 Å². The van der Waals surface area contributed by atoms with Crippen molar-refractivity contribution < 1.29 is 19.2 Å². The number of benzene rings is 1. The van der Waals surface area contributed by atoms with Crippen LogP contribution in [-0.4, -0.2) is 17.6 Å². The van der Waals surface area contributed by atoms with Gasteiger partial charge in [0.2, 0.25) is 6.79 Å². The lowest BCUT2D eigenvalue weighted by atomic mass is 10.2. The summed E-state index contributed by atoms with van der Waals surface area (Å²) in [4.78, 5) is 20.2. The molecule has 72 valence electrons. The zero-order chi connectivity index (χ0) is 10.1. The molecule has 1 amide bonds. The number of nitrogens with zero attached hydrogens (tertiary/aromatic N) is 1. The number of carbonyl (C=O) groups excluding carboxylic acids is 1. The molecule has 0 bridgehead atoms. The van der Waals surface area contributed by atoms with Gasteiger partial charge in [-0.15, -0.1) is 0 Å². The molecule has 0 spiro atoms. The number of amides is 1. The molecule has 0 saturated carbocycles. The lowest BCUT2D eigenvalue weighted by molar-refractivity contribution is -0.375. The fourth-order valence-electron chi connectivity index (χ4n) is 1.13. The van der Waals surface area contributed by atoms with Gasteiger partial charge in [-0.05, 0) is 12.1 Å². The highest BCUT2D eigenvalue weighted by atomic mass is 16.7. The molecule has 0 aromatic heterocycles. The van der Waals surface area contributed by atoms with E-state index in [0.29, 0.717) is 11.5 Å². The molecule has 6 nitrogen and oxygen atoms in total. The zero-order valence-corrected chi connectivity index (χ0v) is 6.93. The van der Waals surface area contributed by atoms with Gasteiger partial charge in [0.25, 0.3) is 0 Å². The summed E-state index contributed by atoms with van der Waals surface area (Å²) in [5.41, 5.74) is -0.0146. The molecular weight excluding hydrogens is 190 g/mol. The summed E-state index contributed by atoms with van der Waals surface area (Å²) >= 11 is 0. The number of fused-ring (bicyclic) bond motifs is 1. The van der Waals surface area contributed by atoms with Crippen molar-refractivity contribution in [3.8, 4) is 11.5 Å². The van der Waals surface area contributed by atoms with E-state index in [1.165, 1.54) is 18.2 Å². The molecule has 1 heterocycles. The van der Waals surface area contributed by atoms with Crippen molar-refractivity contribution in [3.63, 3.8) is 0 Å². The first-order valence-electron chi connectivity index (χ1n) is 3.77. The maximum absolute atomic E-state index is 10.9. The highest BCUT2D eigenvalue weighted by molar-refractivity contribution is 5.88. The minimum absolute atomic E-state index is 0.0146. The lowest BCUT2D eigenvalue weighted by Gasteiger charge is -1.95. The van der Waals surface area contributed by atoms with Crippen molar-refractivity contribution in [2.75, 3.05) is 6.79 Å². The van der Waals surface area contributed by atoms with Crippen molar-refractivity contribution >= 4 is 5.91 Å². The van der Waals surface area contributed by atoms with Gasteiger partial charge in [-0.25, -0.2) is 4.79 Å². The Labute approximate surface area is 78.2 Å². The molecule has 14 heavy (non-hydrogen) atoms. The average molecular weight is 195 g/mol. The standard InChI is InChI=1S/C8H5NO5/c10-8(9(11)12)5-1-2-6-7(3-5)14-4-13-6/h1-3H,4H2. The van der Waals surface area contributed by atoms with Gasteiger partial charge in [-0.2, -0.15) is 0 Å². The lowest BCUT2D eigenvalue weighted by Crippen LogP contribution is -2.10. The van der Waals surface area contributed by atoms with Gasteiger partial charge in [-0.3, -0.25) is 10.1 Å². The van der Waals surface area contributed by atoms with Gasteiger partial charge >= 0.3 is 5.91 Å². The second-order valence-corrected chi connectivity index (χ2v) is 2.63. The summed E-state index contributed by atoms with van der Waals surface area (Å²) in [5.74, 6) is -0.300. The first kappa shape index (κ1) is 8.49. The number of hydrogen-bond donors (Lipinski definition) is 0. The van der Waals surface area contributed by atoms with Gasteiger partial charge < -0.3 is 9.47 Å². The second-order valence-electron chi connectivity index (χ2n) is 2.63. The molecule has 0 fully saturated rings. The third-order valence-corrected chi connectivity index (χ3v) is 1.79. The predicted molar refractivity (Wildman–Crippen MR) is 43.9 cm³/mol. The van der Waals surface area contributed by atoms with Crippen molar-refractivity contribution in [1.29, 1.82) is 0 Å². The van der Waals surface area contributed by atoms with Crippen LogP contribution in [0.25, 0.3) is 0 Å². The van der Waals surface area contributed by atoms with Crippen LogP contribution in [-0.2, 0) is 0 Å². The Hall–Kier alpha value is -2.11. The molecule has 0 atom stereocenters. The van der Waals surface area contributed by atoms with Crippen LogP contribution in [0.3, 0.4) is 0 Å². The zero-order valence-electron chi connectivity index (χ0n) is 6.93. The Kier molecular flexibility index (Phi) is 1.81. The molecule has 0 N–H and O–H groups in total. The molecule has 0 radical (unpaired) electrons. The number of nitro groups is 1. The molecule has 1 aliphatic rings. The fourth-order valence-corrected chi connectivity index (χ4v) is 1.13. The molecule has 1 aromatic carbocycles. The minimum Gasteiger partial charge on any atom is -0.454 e. The number of rotatable bonds is 1. The van der Waals surface area contributed by atoms with E-state index in [2.05, 4.69) is 0 Å². The number of ether oxygens (including phenoxy) is 2. The quantitative estimate of drug-likeness (QED) is 0.489. The van der Waals surface area contributed by atoms with Crippen molar-refractivity contribution in [3.05, 3.63) is 33.9 Å². The van der Waals surface area contributed by atoms with Gasteiger partial charge in [0, 0.05) is 6.07 Å². The van der Waals surface area contributed by atoms with Gasteiger partial charge in [0.15, 0.2) is 11.5 Å². The SMILES string of the molecule is O=C(c1ccc2c(c1)OCO2)[N+](=O)[O-]. The molecule has 2 rings (SSSR count). The van der Waals surface area contributed by atoms with Gasteiger partial charge in [0.05, 0.1) is 0 Å². The summed E-state index contributed by atoms with van der Waals surface area (Å²) in [6.45, 7) is 0.0748. The van der Waals surface area contributed by atoms with E-state index in [1.54, 1.807) is 0 Å². The summed E-state index contributed by atoms with van der Waals surface area (Å²) in [6, 6.07) is 4.10. The number of hydrogen-bond acceptors (Lipinski definition) is 5. The fraction of sp³-hybridized carbons (Fsp3) is 0.125. The predicted octanol–water partition coefficient (Wildman–Crippen LogP) is 0.832. The van der Waals surface area contributed by atoms with Crippen LogP contribution in [0.4, 0.5) is 0 Å². The minimum atomic E-state index is -1.15. The first-order valence-corrected chi connectivity index (χ1v) is 3.77. The Balaban J connectivity index is 2.38. The smallest absolute Gasteiger partial charge is 0.454 e. The molecule has 6 heteroatoms. The van der Waals surface area contributed by atoms with E-state index in [-0.39, 0.29) is 12.4 Å². The van der Waals surface area contributed by atoms with Crippen LogP contribution in [0.15, 0.2) is 18.2 Å². The maximum Gasteiger partial charge on any atom is 0.476 e. The number of carbonyl (C=O) groups is 1. The summed E-state index contributed by atoms with van der Waals surface area (Å²) in [6.07, 6.45) is 0. The third kappa shape index (κ3) is 1.26. The summed E-state index contributed by atoms with van der Waals surface area (Å²) < 4.78 is 9.96. The molecular formula is C8H5NO5. The van der Waals surface area contributed by atoms with E-state index in [4.69, 9.17) is 9.47 Å². The van der Waals surface area contributed by atoms with Crippen LogP contribution in [0.1, 0.15) is 10.4 Å². The monoisotopic (exact) mass is 195 g/mol. The molecule has 1 aromatic rings. The maximum atomic E-state index is 10.9. The van der Waals surface area contributed by atoms with Crippen molar-refractivity contribution in [2.45, 2.75) is 0 Å². The molecule has 0 aliphatic carbocycles. The Morgan fingerprint density at radius 1 is 1.36 bits per heavy atom. The van der Waals surface area contributed by atoms with Gasteiger partial charge in [0.1, 0.15) is 10.5 Å². The van der Waals surface area contributed by atoms with E-state index < -0.39 is 10.8 Å². The van der Waals surface area contributed by atoms with E-state index in [0.717, 1.165) is 0 Å². The van der Waals surface area contributed by atoms with E-state index in [1.807, 2.05) is 0 Å². The molecule has 0 saturated heterocycles. The average Bonchev–Trinajstić information content (AvgIpc) is 2.62. The second kappa shape index (κ2) is 2.99. The Bertz CT molecular complexity index is 414. The van der Waals surface area contributed by atoms with Crippen LogP contribution >= 0.6 is 0 Å². The highest BCUT2D eigenvalue weighted by Gasteiger charge is 2.22.